The molecule has 2 N–H and O–H groups in total. The van der Waals surface area contributed by atoms with Crippen LogP contribution in [-0.2, 0) is 4.79 Å². The minimum atomic E-state index is -0.239. The average Bonchev–Trinajstić information content (AvgIpc) is 2.74. The number of rotatable bonds is 5. The van der Waals surface area contributed by atoms with E-state index in [1.165, 1.54) is 37.8 Å². The van der Waals surface area contributed by atoms with Crippen LogP contribution in [0, 0.1) is 5.82 Å². The van der Waals surface area contributed by atoms with Gasteiger partial charge >= 0.3 is 0 Å². The van der Waals surface area contributed by atoms with Crippen molar-refractivity contribution < 1.29 is 9.18 Å². The lowest BCUT2D eigenvalue weighted by molar-refractivity contribution is -0.121. The van der Waals surface area contributed by atoms with Crippen LogP contribution in [0.5, 0.6) is 0 Å². The van der Waals surface area contributed by atoms with Gasteiger partial charge < -0.3 is 10.6 Å². The van der Waals surface area contributed by atoms with Crippen molar-refractivity contribution in [3.8, 4) is 0 Å². The molecule has 21 heavy (non-hydrogen) atoms. The van der Waals surface area contributed by atoms with E-state index in [4.69, 9.17) is 0 Å². The van der Waals surface area contributed by atoms with Gasteiger partial charge in [0.25, 0.3) is 0 Å². The van der Waals surface area contributed by atoms with E-state index < -0.39 is 0 Å². The molecule has 0 bridgehead atoms. The van der Waals surface area contributed by atoms with E-state index in [0.717, 1.165) is 18.4 Å². The number of amides is 1. The molecule has 1 saturated carbocycles. The fourth-order valence-electron chi connectivity index (χ4n) is 2.82. The molecule has 3 nitrogen and oxygen atoms in total. The maximum atomic E-state index is 12.9. The van der Waals surface area contributed by atoms with Crippen molar-refractivity contribution >= 4 is 5.91 Å². The van der Waals surface area contributed by atoms with E-state index in [9.17, 15) is 9.18 Å². The molecule has 0 saturated heterocycles. The Balaban J connectivity index is 1.73. The Morgan fingerprint density at radius 3 is 2.43 bits per heavy atom. The molecule has 1 aromatic rings. The number of halogens is 1. The summed E-state index contributed by atoms with van der Waals surface area (Å²) in [6.07, 6.45) is 7.19. The second-order valence-electron chi connectivity index (χ2n) is 5.91. The van der Waals surface area contributed by atoms with Gasteiger partial charge in [0, 0.05) is 12.1 Å². The van der Waals surface area contributed by atoms with E-state index in [1.807, 2.05) is 6.92 Å². The molecule has 1 aromatic carbocycles. The number of benzene rings is 1. The Kier molecular flexibility index (Phi) is 6.18. The van der Waals surface area contributed by atoms with Gasteiger partial charge in [-0.1, -0.05) is 37.8 Å². The van der Waals surface area contributed by atoms with Crippen LogP contribution >= 0.6 is 0 Å². The van der Waals surface area contributed by atoms with Crippen LogP contribution in [0.1, 0.15) is 57.1 Å². The number of carbonyl (C=O) groups is 1. The maximum absolute atomic E-state index is 12.9. The molecule has 1 aliphatic rings. The Bertz CT molecular complexity index is 439. The highest BCUT2D eigenvalue weighted by molar-refractivity contribution is 5.78. The van der Waals surface area contributed by atoms with Gasteiger partial charge in [0.15, 0.2) is 0 Å². The SMILES string of the molecule is C[C@@H](NCC(=O)NC1CCCCCC1)c1ccc(F)cc1. The van der Waals surface area contributed by atoms with E-state index >= 15 is 0 Å². The van der Waals surface area contributed by atoms with Gasteiger partial charge in [-0.05, 0) is 37.5 Å². The molecular weight excluding hydrogens is 267 g/mol. The summed E-state index contributed by atoms with van der Waals surface area (Å²) in [5.41, 5.74) is 0.985. The van der Waals surface area contributed by atoms with E-state index in [2.05, 4.69) is 10.6 Å². The molecule has 0 radical (unpaired) electrons. The fraction of sp³-hybridized carbons (Fsp3) is 0.588. The highest BCUT2D eigenvalue weighted by atomic mass is 19.1. The lowest BCUT2D eigenvalue weighted by atomic mass is 10.1. The molecule has 0 aromatic heterocycles. The van der Waals surface area contributed by atoms with Crippen LogP contribution in [0.3, 0.4) is 0 Å². The normalized spacial score (nSPS) is 18.0. The standard InChI is InChI=1S/C17H25FN2O/c1-13(14-8-10-15(18)11-9-14)19-12-17(21)20-16-6-4-2-3-5-7-16/h8-11,13,16,19H,2-7,12H2,1H3,(H,20,21)/t13-/m1/s1. The van der Waals surface area contributed by atoms with E-state index in [0.29, 0.717) is 12.6 Å². The summed E-state index contributed by atoms with van der Waals surface area (Å²) >= 11 is 0. The van der Waals surface area contributed by atoms with Crippen LogP contribution in [-0.4, -0.2) is 18.5 Å². The van der Waals surface area contributed by atoms with Crippen LogP contribution in [0.2, 0.25) is 0 Å². The van der Waals surface area contributed by atoms with Gasteiger partial charge in [0.2, 0.25) is 5.91 Å². The smallest absolute Gasteiger partial charge is 0.234 e. The Labute approximate surface area is 126 Å². The van der Waals surface area contributed by atoms with Crippen molar-refractivity contribution in [2.75, 3.05) is 6.54 Å². The maximum Gasteiger partial charge on any atom is 0.234 e. The zero-order chi connectivity index (χ0) is 15.1. The molecule has 0 heterocycles. The quantitative estimate of drug-likeness (QED) is 0.817. The Morgan fingerprint density at radius 1 is 1.19 bits per heavy atom. The first kappa shape index (κ1) is 16.0. The van der Waals surface area contributed by atoms with Crippen LogP contribution in [0.4, 0.5) is 4.39 Å². The van der Waals surface area contributed by atoms with Gasteiger partial charge in [-0.3, -0.25) is 4.79 Å². The summed E-state index contributed by atoms with van der Waals surface area (Å²) in [4.78, 5) is 12.0. The second kappa shape index (κ2) is 8.13. The highest BCUT2D eigenvalue weighted by Gasteiger charge is 2.15. The lowest BCUT2D eigenvalue weighted by Crippen LogP contribution is -2.40. The van der Waals surface area contributed by atoms with Crippen molar-refractivity contribution in [3.63, 3.8) is 0 Å². The molecular formula is C17H25FN2O. The Hall–Kier alpha value is -1.42. The topological polar surface area (TPSA) is 41.1 Å². The van der Waals surface area contributed by atoms with Crippen LogP contribution in [0.15, 0.2) is 24.3 Å². The van der Waals surface area contributed by atoms with Gasteiger partial charge in [-0.15, -0.1) is 0 Å². The molecule has 0 aliphatic heterocycles. The number of hydrogen-bond acceptors (Lipinski definition) is 2. The molecule has 0 spiro atoms. The van der Waals surface area contributed by atoms with Crippen molar-refractivity contribution in [1.29, 1.82) is 0 Å². The third-order valence-electron chi connectivity index (χ3n) is 4.16. The Morgan fingerprint density at radius 2 is 1.81 bits per heavy atom. The van der Waals surface area contributed by atoms with Crippen molar-refractivity contribution in [2.24, 2.45) is 0 Å². The summed E-state index contributed by atoms with van der Waals surface area (Å²) in [5.74, 6) is -0.187. The third-order valence-corrected chi connectivity index (χ3v) is 4.16. The molecule has 0 unspecified atom stereocenters. The first-order valence-corrected chi connectivity index (χ1v) is 7.93. The largest absolute Gasteiger partial charge is 0.352 e. The first-order valence-electron chi connectivity index (χ1n) is 7.93. The highest BCUT2D eigenvalue weighted by Crippen LogP contribution is 2.17. The summed E-state index contributed by atoms with van der Waals surface area (Å²) in [7, 11) is 0. The zero-order valence-electron chi connectivity index (χ0n) is 12.7. The number of nitrogens with one attached hydrogen (secondary N) is 2. The minimum absolute atomic E-state index is 0.0329. The predicted octanol–water partition coefficient (Wildman–Crippen LogP) is 3.32. The molecule has 1 atom stereocenters. The van der Waals surface area contributed by atoms with E-state index in [1.54, 1.807) is 12.1 Å². The minimum Gasteiger partial charge on any atom is -0.352 e. The summed E-state index contributed by atoms with van der Waals surface area (Å²) in [6.45, 7) is 2.28. The molecule has 4 heteroatoms. The molecule has 116 valence electrons. The molecule has 1 aliphatic carbocycles. The van der Waals surface area contributed by atoms with Crippen molar-refractivity contribution in [3.05, 3.63) is 35.6 Å². The zero-order valence-corrected chi connectivity index (χ0v) is 12.7. The first-order chi connectivity index (χ1) is 10.1. The van der Waals surface area contributed by atoms with E-state index in [-0.39, 0.29) is 17.8 Å². The average molecular weight is 292 g/mol. The van der Waals surface area contributed by atoms with Gasteiger partial charge in [0.1, 0.15) is 5.82 Å². The van der Waals surface area contributed by atoms with Crippen LogP contribution < -0.4 is 10.6 Å². The molecule has 2 rings (SSSR count). The van der Waals surface area contributed by atoms with Crippen molar-refractivity contribution in [1.82, 2.24) is 10.6 Å². The van der Waals surface area contributed by atoms with Gasteiger partial charge in [-0.25, -0.2) is 4.39 Å². The van der Waals surface area contributed by atoms with Crippen molar-refractivity contribution in [2.45, 2.75) is 57.5 Å². The fourth-order valence-corrected chi connectivity index (χ4v) is 2.82. The van der Waals surface area contributed by atoms with Crippen LogP contribution in [0.25, 0.3) is 0 Å². The predicted molar refractivity (Wildman–Crippen MR) is 82.5 cm³/mol. The molecule has 1 fully saturated rings. The second-order valence-corrected chi connectivity index (χ2v) is 5.91. The lowest BCUT2D eigenvalue weighted by Gasteiger charge is -2.18. The monoisotopic (exact) mass is 292 g/mol. The number of hydrogen-bond donors (Lipinski definition) is 2. The van der Waals surface area contributed by atoms with Gasteiger partial charge in [0.05, 0.1) is 6.54 Å². The summed E-state index contributed by atoms with van der Waals surface area (Å²) in [6, 6.07) is 6.75. The third kappa shape index (κ3) is 5.46. The number of carbonyl (C=O) groups excluding carboxylic acids is 1. The summed E-state index contributed by atoms with van der Waals surface area (Å²) in [5, 5.41) is 6.30. The molecule has 1 amide bonds. The summed E-state index contributed by atoms with van der Waals surface area (Å²) < 4.78 is 12.9. The van der Waals surface area contributed by atoms with Gasteiger partial charge in [-0.2, -0.15) is 0 Å².